The summed E-state index contributed by atoms with van der Waals surface area (Å²) in [6.07, 6.45) is 3.68. The molecule has 1 N–H and O–H groups in total. The molecular weight excluding hydrogens is 280 g/mol. The van der Waals surface area contributed by atoms with Crippen molar-refractivity contribution < 1.29 is 14.6 Å². The summed E-state index contributed by atoms with van der Waals surface area (Å²) in [5, 5.41) is 10.2. The number of carbonyl (C=O) groups excluding carboxylic acids is 1. The highest BCUT2D eigenvalue weighted by atomic mass is 16.5. The molecule has 2 fully saturated rings. The molecule has 0 aliphatic carbocycles. The van der Waals surface area contributed by atoms with Crippen molar-refractivity contribution >= 4 is 5.91 Å². The van der Waals surface area contributed by atoms with Crippen molar-refractivity contribution in [2.75, 3.05) is 39.3 Å². The van der Waals surface area contributed by atoms with Gasteiger partial charge in [0.2, 0.25) is 5.91 Å². The molecule has 22 heavy (non-hydrogen) atoms. The van der Waals surface area contributed by atoms with Crippen molar-refractivity contribution in [3.05, 3.63) is 0 Å². The summed E-state index contributed by atoms with van der Waals surface area (Å²) in [5.41, 5.74) is -0.0891. The number of rotatable bonds is 5. The third-order valence-electron chi connectivity index (χ3n) is 4.86. The Labute approximate surface area is 134 Å². The largest absolute Gasteiger partial charge is 0.391 e. The molecule has 2 atom stereocenters. The fraction of sp³-hybridized carbons (Fsp3) is 0.941. The van der Waals surface area contributed by atoms with Crippen LogP contribution in [0.2, 0.25) is 0 Å². The molecule has 128 valence electrons. The monoisotopic (exact) mass is 312 g/mol. The average Bonchev–Trinajstić information content (AvgIpc) is 2.98. The van der Waals surface area contributed by atoms with E-state index in [0.29, 0.717) is 19.1 Å². The second kappa shape index (κ2) is 7.75. The lowest BCUT2D eigenvalue weighted by Crippen LogP contribution is -2.51. The molecule has 5 heteroatoms. The summed E-state index contributed by atoms with van der Waals surface area (Å²) < 4.78 is 5.58. The van der Waals surface area contributed by atoms with Crippen LogP contribution in [0.1, 0.15) is 46.5 Å². The van der Waals surface area contributed by atoms with Crippen LogP contribution in [-0.2, 0) is 9.53 Å². The van der Waals surface area contributed by atoms with Crippen LogP contribution in [0.15, 0.2) is 0 Å². The molecule has 0 aromatic heterocycles. The Morgan fingerprint density at radius 3 is 2.50 bits per heavy atom. The van der Waals surface area contributed by atoms with Crippen molar-refractivity contribution in [2.45, 2.75) is 58.7 Å². The number of aliphatic hydroxyl groups excluding tert-OH is 1. The maximum absolute atomic E-state index is 12.2. The Morgan fingerprint density at radius 1 is 1.27 bits per heavy atom. The highest BCUT2D eigenvalue weighted by Gasteiger charge is 2.28. The molecule has 2 heterocycles. The Bertz CT molecular complexity index is 353. The fourth-order valence-electron chi connectivity index (χ4n) is 3.01. The zero-order valence-electron chi connectivity index (χ0n) is 14.4. The van der Waals surface area contributed by atoms with Crippen molar-refractivity contribution in [3.63, 3.8) is 0 Å². The molecule has 0 spiro atoms. The van der Waals surface area contributed by atoms with Crippen LogP contribution < -0.4 is 0 Å². The van der Waals surface area contributed by atoms with Gasteiger partial charge in [-0.1, -0.05) is 20.8 Å². The first-order chi connectivity index (χ1) is 10.4. The molecular formula is C17H32N2O3. The van der Waals surface area contributed by atoms with E-state index in [0.717, 1.165) is 52.0 Å². The van der Waals surface area contributed by atoms with E-state index < -0.39 is 0 Å². The smallest absolute Gasteiger partial charge is 0.222 e. The summed E-state index contributed by atoms with van der Waals surface area (Å²) in [5.74, 6) is 0.256. The maximum Gasteiger partial charge on any atom is 0.222 e. The second-order valence-electron chi connectivity index (χ2n) is 7.74. The van der Waals surface area contributed by atoms with Crippen molar-refractivity contribution in [3.8, 4) is 0 Å². The molecule has 0 unspecified atom stereocenters. The number of carbonyl (C=O) groups is 1. The van der Waals surface area contributed by atoms with E-state index in [1.807, 2.05) is 4.90 Å². The zero-order chi connectivity index (χ0) is 16.2. The molecule has 2 rings (SSSR count). The van der Waals surface area contributed by atoms with Crippen molar-refractivity contribution in [1.82, 2.24) is 9.80 Å². The summed E-state index contributed by atoms with van der Waals surface area (Å²) in [6.45, 7) is 11.0. The standard InChI is InChI=1S/C17H32N2O3/c1-17(2,3)15(20)13-18-8-10-19(11-9-18)16(21)7-6-14-5-4-12-22-14/h14-15,20H,4-13H2,1-3H3/t14-,15+/m1/s1. The van der Waals surface area contributed by atoms with E-state index in [4.69, 9.17) is 4.74 Å². The lowest BCUT2D eigenvalue weighted by Gasteiger charge is -2.38. The van der Waals surface area contributed by atoms with E-state index in [2.05, 4.69) is 25.7 Å². The summed E-state index contributed by atoms with van der Waals surface area (Å²) in [6, 6.07) is 0. The highest BCUT2D eigenvalue weighted by Crippen LogP contribution is 2.21. The Morgan fingerprint density at radius 2 is 1.95 bits per heavy atom. The Hall–Kier alpha value is -0.650. The molecule has 2 saturated heterocycles. The van der Waals surface area contributed by atoms with Crippen LogP contribution >= 0.6 is 0 Å². The van der Waals surface area contributed by atoms with E-state index >= 15 is 0 Å². The van der Waals surface area contributed by atoms with Gasteiger partial charge in [0.1, 0.15) is 0 Å². The highest BCUT2D eigenvalue weighted by molar-refractivity contribution is 5.76. The van der Waals surface area contributed by atoms with E-state index in [1.165, 1.54) is 0 Å². The molecule has 2 aliphatic rings. The van der Waals surface area contributed by atoms with Crippen LogP contribution in [-0.4, -0.2) is 72.4 Å². The van der Waals surface area contributed by atoms with Crippen LogP contribution in [0, 0.1) is 5.41 Å². The number of piperazine rings is 1. The first kappa shape index (κ1) is 17.7. The van der Waals surface area contributed by atoms with Crippen molar-refractivity contribution in [1.29, 1.82) is 0 Å². The van der Waals surface area contributed by atoms with Gasteiger partial charge in [-0.15, -0.1) is 0 Å². The van der Waals surface area contributed by atoms with Crippen LogP contribution in [0.3, 0.4) is 0 Å². The maximum atomic E-state index is 12.2. The molecule has 1 amide bonds. The molecule has 0 saturated carbocycles. The second-order valence-corrected chi connectivity index (χ2v) is 7.74. The topological polar surface area (TPSA) is 53.0 Å². The van der Waals surface area contributed by atoms with E-state index in [9.17, 15) is 9.90 Å². The summed E-state index contributed by atoms with van der Waals surface area (Å²) in [4.78, 5) is 16.5. The summed E-state index contributed by atoms with van der Waals surface area (Å²) >= 11 is 0. The molecule has 2 aliphatic heterocycles. The quantitative estimate of drug-likeness (QED) is 0.836. The number of β-amino-alcohol motifs (C(OH)–C–C–N with tert-alkyl or cyclic N) is 1. The number of hydrogen-bond donors (Lipinski definition) is 1. The summed E-state index contributed by atoms with van der Waals surface area (Å²) in [7, 11) is 0. The SMILES string of the molecule is CC(C)(C)[C@@H](O)CN1CCN(C(=O)CC[C@H]2CCCO2)CC1. The third-order valence-corrected chi connectivity index (χ3v) is 4.86. The van der Waals surface area contributed by atoms with Gasteiger partial charge in [-0.25, -0.2) is 0 Å². The van der Waals surface area contributed by atoms with Gasteiger partial charge in [-0.3, -0.25) is 9.69 Å². The fourth-order valence-corrected chi connectivity index (χ4v) is 3.01. The van der Waals surface area contributed by atoms with Crippen LogP contribution in [0.25, 0.3) is 0 Å². The van der Waals surface area contributed by atoms with Gasteiger partial charge in [0.05, 0.1) is 12.2 Å². The average molecular weight is 312 g/mol. The zero-order valence-corrected chi connectivity index (χ0v) is 14.4. The molecule has 0 aromatic carbocycles. The number of hydrogen-bond acceptors (Lipinski definition) is 4. The first-order valence-electron chi connectivity index (χ1n) is 8.66. The number of amides is 1. The van der Waals surface area contributed by atoms with Crippen LogP contribution in [0.5, 0.6) is 0 Å². The third kappa shape index (κ3) is 5.21. The van der Waals surface area contributed by atoms with Gasteiger partial charge in [0.15, 0.2) is 0 Å². The first-order valence-corrected chi connectivity index (χ1v) is 8.66. The van der Waals surface area contributed by atoms with Crippen molar-refractivity contribution in [2.24, 2.45) is 5.41 Å². The lowest BCUT2D eigenvalue weighted by atomic mass is 9.89. The molecule has 0 radical (unpaired) electrons. The van der Waals surface area contributed by atoms with Gasteiger partial charge in [0, 0.05) is 45.8 Å². The number of ether oxygens (including phenoxy) is 1. The Kier molecular flexibility index (Phi) is 6.24. The molecule has 0 bridgehead atoms. The van der Waals surface area contributed by atoms with Gasteiger partial charge < -0.3 is 14.7 Å². The predicted molar refractivity (Wildman–Crippen MR) is 86.7 cm³/mol. The number of aliphatic hydroxyl groups is 1. The van der Waals surface area contributed by atoms with Gasteiger partial charge in [-0.2, -0.15) is 0 Å². The van der Waals surface area contributed by atoms with Crippen LogP contribution in [0.4, 0.5) is 0 Å². The van der Waals surface area contributed by atoms with E-state index in [1.54, 1.807) is 0 Å². The Balaban J connectivity index is 1.66. The molecule has 5 nitrogen and oxygen atoms in total. The minimum Gasteiger partial charge on any atom is -0.391 e. The molecule has 0 aromatic rings. The van der Waals surface area contributed by atoms with Gasteiger partial charge >= 0.3 is 0 Å². The number of nitrogens with zero attached hydrogens (tertiary/aromatic N) is 2. The minimum absolute atomic E-state index is 0.0891. The minimum atomic E-state index is -0.325. The predicted octanol–water partition coefficient (Wildman–Crippen LogP) is 1.50. The van der Waals surface area contributed by atoms with Gasteiger partial charge in [0.25, 0.3) is 0 Å². The lowest BCUT2D eigenvalue weighted by molar-refractivity contribution is -0.133. The van der Waals surface area contributed by atoms with E-state index in [-0.39, 0.29) is 17.4 Å². The van der Waals surface area contributed by atoms with Gasteiger partial charge in [-0.05, 0) is 24.7 Å². The normalized spacial score (nSPS) is 25.5.